The summed E-state index contributed by atoms with van der Waals surface area (Å²) in [5.74, 6) is 1.21. The number of pyridine rings is 2. The predicted octanol–water partition coefficient (Wildman–Crippen LogP) is 6.50. The molecule has 0 unspecified atom stereocenters. The normalized spacial score (nSPS) is 17.1. The van der Waals surface area contributed by atoms with Gasteiger partial charge in [0.1, 0.15) is 11.3 Å². The standard InChI is InChI=1S/C32H32N6/c33-29-26(9-6-19-34-29)30-36-28-15-14-27(24-7-2-1-3-8-24)35-31(28)38(30)25-12-10-23(11-13-25)21-37-20-18-32(22-37)16-4-5-17-32/h1-3,6-15,19H,4-5,16-18,20-22H2,(H2,33,34). The summed E-state index contributed by atoms with van der Waals surface area (Å²) in [6.45, 7) is 3.47. The molecule has 38 heavy (non-hydrogen) atoms. The summed E-state index contributed by atoms with van der Waals surface area (Å²) >= 11 is 0. The maximum Gasteiger partial charge on any atom is 0.165 e. The van der Waals surface area contributed by atoms with Gasteiger partial charge < -0.3 is 5.73 Å². The molecule has 2 fully saturated rings. The molecule has 2 N–H and O–H groups in total. The summed E-state index contributed by atoms with van der Waals surface area (Å²) in [4.78, 5) is 17.0. The van der Waals surface area contributed by atoms with Gasteiger partial charge >= 0.3 is 0 Å². The van der Waals surface area contributed by atoms with Crippen molar-refractivity contribution in [1.82, 2.24) is 24.4 Å². The Morgan fingerprint density at radius 3 is 2.42 bits per heavy atom. The van der Waals surface area contributed by atoms with E-state index in [1.165, 1.54) is 50.8 Å². The number of anilines is 1. The monoisotopic (exact) mass is 500 g/mol. The van der Waals surface area contributed by atoms with Crippen molar-refractivity contribution in [2.75, 3.05) is 18.8 Å². The molecular formula is C32H32N6. The van der Waals surface area contributed by atoms with Gasteiger partial charge in [-0.05, 0) is 73.2 Å². The third-order valence-electron chi connectivity index (χ3n) is 8.44. The Balaban J connectivity index is 1.27. The van der Waals surface area contributed by atoms with Gasteiger partial charge in [-0.2, -0.15) is 0 Å². The third-order valence-corrected chi connectivity index (χ3v) is 8.44. The average molecular weight is 501 g/mol. The van der Waals surface area contributed by atoms with E-state index in [-0.39, 0.29) is 0 Å². The van der Waals surface area contributed by atoms with E-state index in [9.17, 15) is 0 Å². The van der Waals surface area contributed by atoms with Crippen molar-refractivity contribution in [3.05, 3.63) is 90.6 Å². The van der Waals surface area contributed by atoms with Crippen molar-refractivity contribution in [2.24, 2.45) is 5.41 Å². The average Bonchev–Trinajstić information content (AvgIpc) is 3.68. The molecule has 3 aromatic heterocycles. The van der Waals surface area contributed by atoms with E-state index in [1.54, 1.807) is 6.20 Å². The topological polar surface area (TPSA) is 72.9 Å². The van der Waals surface area contributed by atoms with Crippen LogP contribution in [0.3, 0.4) is 0 Å². The number of nitrogen functional groups attached to an aromatic ring is 1. The second-order valence-electron chi connectivity index (χ2n) is 10.9. The molecule has 1 saturated carbocycles. The number of hydrogen-bond donors (Lipinski definition) is 1. The molecule has 4 heterocycles. The fraction of sp³-hybridized carbons (Fsp3) is 0.281. The van der Waals surface area contributed by atoms with Gasteiger partial charge in [0.2, 0.25) is 0 Å². The van der Waals surface area contributed by atoms with Gasteiger partial charge in [-0.25, -0.2) is 15.0 Å². The summed E-state index contributed by atoms with van der Waals surface area (Å²) in [6.07, 6.45) is 8.71. The predicted molar refractivity (Wildman–Crippen MR) is 153 cm³/mol. The molecule has 1 aliphatic heterocycles. The number of aromatic nitrogens is 4. The molecule has 0 amide bonds. The quantitative estimate of drug-likeness (QED) is 0.298. The first-order valence-electron chi connectivity index (χ1n) is 13.7. The van der Waals surface area contributed by atoms with E-state index in [0.29, 0.717) is 11.2 Å². The molecule has 1 spiro atoms. The Labute approximate surface area is 223 Å². The molecule has 0 radical (unpaired) electrons. The Hall–Kier alpha value is -4.03. The van der Waals surface area contributed by atoms with Crippen LogP contribution < -0.4 is 5.73 Å². The summed E-state index contributed by atoms with van der Waals surface area (Å²) < 4.78 is 2.11. The van der Waals surface area contributed by atoms with Gasteiger partial charge in [-0.15, -0.1) is 0 Å². The lowest BCUT2D eigenvalue weighted by Crippen LogP contribution is -2.24. The molecule has 1 saturated heterocycles. The Kier molecular flexibility index (Phi) is 5.70. The summed E-state index contributed by atoms with van der Waals surface area (Å²) in [6, 6.07) is 27.1. The molecule has 2 aromatic carbocycles. The molecule has 7 rings (SSSR count). The lowest BCUT2D eigenvalue weighted by Gasteiger charge is -2.23. The first-order chi connectivity index (χ1) is 18.7. The maximum absolute atomic E-state index is 6.32. The number of rotatable bonds is 5. The largest absolute Gasteiger partial charge is 0.383 e. The van der Waals surface area contributed by atoms with Crippen molar-refractivity contribution >= 4 is 17.0 Å². The van der Waals surface area contributed by atoms with Crippen LogP contribution in [0.2, 0.25) is 0 Å². The summed E-state index contributed by atoms with van der Waals surface area (Å²) in [5.41, 5.74) is 13.7. The fourth-order valence-electron chi connectivity index (χ4n) is 6.46. The van der Waals surface area contributed by atoms with Gasteiger partial charge in [-0.1, -0.05) is 55.3 Å². The Bertz CT molecular complexity index is 1580. The second kappa shape index (κ2) is 9.37. The maximum atomic E-state index is 6.32. The molecule has 6 heteroatoms. The van der Waals surface area contributed by atoms with Gasteiger partial charge in [0, 0.05) is 30.5 Å². The molecule has 1 aliphatic carbocycles. The van der Waals surface area contributed by atoms with Crippen LogP contribution in [0, 0.1) is 5.41 Å². The Morgan fingerprint density at radius 1 is 0.816 bits per heavy atom. The van der Waals surface area contributed by atoms with E-state index in [0.717, 1.165) is 46.0 Å². The van der Waals surface area contributed by atoms with Crippen molar-refractivity contribution in [3.63, 3.8) is 0 Å². The zero-order valence-electron chi connectivity index (χ0n) is 21.6. The smallest absolute Gasteiger partial charge is 0.165 e. The van der Waals surface area contributed by atoms with Gasteiger partial charge in [0.05, 0.1) is 11.3 Å². The van der Waals surface area contributed by atoms with Crippen molar-refractivity contribution in [2.45, 2.75) is 38.6 Å². The molecule has 0 bridgehead atoms. The number of hydrogen-bond acceptors (Lipinski definition) is 5. The summed E-state index contributed by atoms with van der Waals surface area (Å²) in [7, 11) is 0. The third kappa shape index (κ3) is 4.15. The molecule has 190 valence electrons. The van der Waals surface area contributed by atoms with Crippen LogP contribution in [0.25, 0.3) is 39.5 Å². The highest BCUT2D eigenvalue weighted by molar-refractivity contribution is 5.84. The fourth-order valence-corrected chi connectivity index (χ4v) is 6.46. The van der Waals surface area contributed by atoms with E-state index >= 15 is 0 Å². The first-order valence-corrected chi connectivity index (χ1v) is 13.7. The summed E-state index contributed by atoms with van der Waals surface area (Å²) in [5, 5.41) is 0. The van der Waals surface area contributed by atoms with Crippen LogP contribution in [-0.4, -0.2) is 37.5 Å². The Morgan fingerprint density at radius 2 is 1.63 bits per heavy atom. The molecule has 2 aliphatic rings. The number of nitrogens with zero attached hydrogens (tertiary/aromatic N) is 5. The minimum Gasteiger partial charge on any atom is -0.383 e. The van der Waals surface area contributed by atoms with Gasteiger partial charge in [0.25, 0.3) is 0 Å². The minimum absolute atomic E-state index is 0.457. The molecule has 0 atom stereocenters. The zero-order valence-corrected chi connectivity index (χ0v) is 21.6. The van der Waals surface area contributed by atoms with Crippen LogP contribution in [0.15, 0.2) is 85.1 Å². The highest BCUT2D eigenvalue weighted by atomic mass is 15.2. The van der Waals surface area contributed by atoms with Crippen LogP contribution in [0.1, 0.15) is 37.7 Å². The van der Waals surface area contributed by atoms with Crippen molar-refractivity contribution < 1.29 is 0 Å². The number of fused-ring (bicyclic) bond motifs is 1. The lowest BCUT2D eigenvalue weighted by atomic mass is 9.86. The molecular weight excluding hydrogens is 468 g/mol. The zero-order chi connectivity index (χ0) is 25.5. The highest BCUT2D eigenvalue weighted by Gasteiger charge is 2.39. The second-order valence-corrected chi connectivity index (χ2v) is 10.9. The van der Waals surface area contributed by atoms with E-state index < -0.39 is 0 Å². The van der Waals surface area contributed by atoms with Gasteiger partial charge in [0.15, 0.2) is 11.5 Å². The van der Waals surface area contributed by atoms with E-state index in [2.05, 4.69) is 50.8 Å². The van der Waals surface area contributed by atoms with Crippen molar-refractivity contribution in [1.29, 1.82) is 0 Å². The number of imidazole rings is 1. The first kappa shape index (κ1) is 23.1. The highest BCUT2D eigenvalue weighted by Crippen LogP contribution is 2.45. The van der Waals surface area contributed by atoms with E-state index in [4.69, 9.17) is 15.7 Å². The number of likely N-dealkylation sites (tertiary alicyclic amines) is 1. The molecule has 6 nitrogen and oxygen atoms in total. The SMILES string of the molecule is Nc1ncccc1-c1nc2ccc(-c3ccccc3)nc2n1-c1ccc(CN2CCC3(CCCC3)C2)cc1. The van der Waals surface area contributed by atoms with Crippen LogP contribution >= 0.6 is 0 Å². The van der Waals surface area contributed by atoms with Gasteiger partial charge in [-0.3, -0.25) is 9.47 Å². The number of benzene rings is 2. The minimum atomic E-state index is 0.457. The van der Waals surface area contributed by atoms with Crippen LogP contribution in [0.4, 0.5) is 5.82 Å². The van der Waals surface area contributed by atoms with Crippen LogP contribution in [-0.2, 0) is 6.54 Å². The van der Waals surface area contributed by atoms with Crippen LogP contribution in [0.5, 0.6) is 0 Å². The van der Waals surface area contributed by atoms with E-state index in [1.807, 2.05) is 42.5 Å². The number of nitrogens with two attached hydrogens (primary N) is 1. The van der Waals surface area contributed by atoms with Crippen molar-refractivity contribution in [3.8, 4) is 28.3 Å². The molecule has 5 aromatic rings. The lowest BCUT2D eigenvalue weighted by molar-refractivity contribution is 0.256.